The van der Waals surface area contributed by atoms with E-state index in [9.17, 15) is 4.79 Å². The molecule has 1 rings (SSSR count). The number of methoxy groups -OCH3 is 1. The summed E-state index contributed by atoms with van der Waals surface area (Å²) in [5, 5.41) is 0. The number of carbonyl (C=O) groups excluding carboxylic acids is 1. The third-order valence-electron chi connectivity index (χ3n) is 1.82. The van der Waals surface area contributed by atoms with Gasteiger partial charge in [-0.15, -0.1) is 0 Å². The smallest absolute Gasteiger partial charge is 0.162 e. The average molecular weight is 209 g/mol. The average Bonchev–Trinajstić information content (AvgIpc) is 2.26. The molecule has 0 saturated heterocycles. The van der Waals surface area contributed by atoms with E-state index in [1.54, 1.807) is 19.5 Å². The van der Waals surface area contributed by atoms with Crippen LogP contribution >= 0.6 is 0 Å². The molecule has 0 aliphatic carbocycles. The van der Waals surface area contributed by atoms with Crippen LogP contribution in [-0.2, 0) is 20.7 Å². The molecule has 0 N–H and O–H groups in total. The number of aromatic nitrogens is 1. The third kappa shape index (κ3) is 5.24. The number of rotatable bonds is 7. The van der Waals surface area contributed by atoms with E-state index in [1.807, 2.05) is 12.1 Å². The molecule has 0 aliphatic rings. The van der Waals surface area contributed by atoms with Crippen LogP contribution in [0.1, 0.15) is 5.56 Å². The van der Waals surface area contributed by atoms with Gasteiger partial charge < -0.3 is 9.47 Å². The fourth-order valence-electron chi connectivity index (χ4n) is 1.11. The lowest BCUT2D eigenvalue weighted by Gasteiger charge is -2.02. The Balaban J connectivity index is 2.19. The minimum atomic E-state index is 0.0547. The Bertz CT molecular complexity index is 287. The Kier molecular flexibility index (Phi) is 5.58. The molecular formula is C11H15NO3. The Morgan fingerprint density at radius 3 is 3.00 bits per heavy atom. The van der Waals surface area contributed by atoms with Crippen LogP contribution < -0.4 is 0 Å². The molecule has 0 spiro atoms. The van der Waals surface area contributed by atoms with Gasteiger partial charge in [-0.05, 0) is 11.6 Å². The van der Waals surface area contributed by atoms with E-state index in [1.165, 1.54) is 0 Å². The zero-order chi connectivity index (χ0) is 10.9. The maximum atomic E-state index is 11.4. The van der Waals surface area contributed by atoms with Gasteiger partial charge >= 0.3 is 0 Å². The number of ketones is 1. The molecule has 0 radical (unpaired) electrons. The highest BCUT2D eigenvalue weighted by molar-refractivity contribution is 5.81. The van der Waals surface area contributed by atoms with Gasteiger partial charge in [0.25, 0.3) is 0 Å². The number of Topliss-reactive ketones (excluding diaryl/α,β-unsaturated/α-hetero) is 1. The molecule has 1 heterocycles. The first-order valence-electron chi connectivity index (χ1n) is 4.80. The molecule has 1 aromatic heterocycles. The SMILES string of the molecule is COCCOCC(=O)Cc1cccnc1. The molecule has 4 heteroatoms. The summed E-state index contributed by atoms with van der Waals surface area (Å²) in [4.78, 5) is 15.3. The summed E-state index contributed by atoms with van der Waals surface area (Å²) >= 11 is 0. The molecule has 1 aromatic rings. The quantitative estimate of drug-likeness (QED) is 0.625. The molecule has 0 aromatic carbocycles. The standard InChI is InChI=1S/C11H15NO3/c1-14-5-6-15-9-11(13)7-10-3-2-4-12-8-10/h2-4,8H,5-7,9H2,1H3. The highest BCUT2D eigenvalue weighted by Gasteiger charge is 2.03. The minimum Gasteiger partial charge on any atom is -0.382 e. The number of ether oxygens (including phenoxy) is 2. The van der Waals surface area contributed by atoms with Gasteiger partial charge in [0.2, 0.25) is 0 Å². The summed E-state index contributed by atoms with van der Waals surface area (Å²) < 4.78 is 9.91. The van der Waals surface area contributed by atoms with Gasteiger partial charge in [0.1, 0.15) is 6.61 Å². The summed E-state index contributed by atoms with van der Waals surface area (Å²) in [6, 6.07) is 3.69. The van der Waals surface area contributed by atoms with Crippen molar-refractivity contribution in [2.24, 2.45) is 0 Å². The van der Waals surface area contributed by atoms with Crippen molar-refractivity contribution >= 4 is 5.78 Å². The molecule has 0 unspecified atom stereocenters. The van der Waals surface area contributed by atoms with Gasteiger partial charge in [0.15, 0.2) is 5.78 Å². The van der Waals surface area contributed by atoms with Crippen LogP contribution in [0.2, 0.25) is 0 Å². The first-order chi connectivity index (χ1) is 7.33. The van der Waals surface area contributed by atoms with Gasteiger partial charge in [-0.3, -0.25) is 9.78 Å². The predicted molar refractivity (Wildman–Crippen MR) is 55.6 cm³/mol. The molecule has 0 saturated carbocycles. The summed E-state index contributed by atoms with van der Waals surface area (Å²) in [6.07, 6.45) is 3.75. The van der Waals surface area contributed by atoms with Gasteiger partial charge in [0.05, 0.1) is 13.2 Å². The maximum absolute atomic E-state index is 11.4. The van der Waals surface area contributed by atoms with E-state index in [-0.39, 0.29) is 12.4 Å². The number of pyridine rings is 1. The molecule has 15 heavy (non-hydrogen) atoms. The van der Waals surface area contributed by atoms with Crippen molar-refractivity contribution in [3.05, 3.63) is 30.1 Å². The number of hydrogen-bond acceptors (Lipinski definition) is 4. The minimum absolute atomic E-state index is 0.0547. The van der Waals surface area contributed by atoms with Crippen LogP contribution in [0.4, 0.5) is 0 Å². The van der Waals surface area contributed by atoms with Gasteiger partial charge in [-0.2, -0.15) is 0 Å². The molecule has 0 bridgehead atoms. The Hall–Kier alpha value is -1.26. The Morgan fingerprint density at radius 1 is 1.47 bits per heavy atom. The highest BCUT2D eigenvalue weighted by Crippen LogP contribution is 1.97. The topological polar surface area (TPSA) is 48.4 Å². The second kappa shape index (κ2) is 7.09. The predicted octanol–water partition coefficient (Wildman–Crippen LogP) is 0.856. The third-order valence-corrected chi connectivity index (χ3v) is 1.82. The lowest BCUT2D eigenvalue weighted by molar-refractivity contribution is -0.123. The van der Waals surface area contributed by atoms with E-state index in [0.29, 0.717) is 19.6 Å². The summed E-state index contributed by atoms with van der Waals surface area (Å²) in [6.45, 7) is 1.10. The molecule has 4 nitrogen and oxygen atoms in total. The van der Waals surface area contributed by atoms with E-state index < -0.39 is 0 Å². The fourth-order valence-corrected chi connectivity index (χ4v) is 1.11. The first-order valence-corrected chi connectivity index (χ1v) is 4.80. The monoisotopic (exact) mass is 209 g/mol. The van der Waals surface area contributed by atoms with E-state index in [4.69, 9.17) is 9.47 Å². The normalized spacial score (nSPS) is 10.2. The first kappa shape index (κ1) is 11.8. The lowest BCUT2D eigenvalue weighted by atomic mass is 10.1. The summed E-state index contributed by atoms with van der Waals surface area (Å²) in [7, 11) is 1.60. The molecule has 0 fully saturated rings. The van der Waals surface area contributed by atoms with Crippen molar-refractivity contribution in [3.63, 3.8) is 0 Å². The number of hydrogen-bond donors (Lipinski definition) is 0. The highest BCUT2D eigenvalue weighted by atomic mass is 16.5. The fraction of sp³-hybridized carbons (Fsp3) is 0.455. The van der Waals surface area contributed by atoms with Crippen LogP contribution in [0.3, 0.4) is 0 Å². The number of carbonyl (C=O) groups is 1. The van der Waals surface area contributed by atoms with E-state index in [2.05, 4.69) is 4.98 Å². The van der Waals surface area contributed by atoms with Crippen molar-refractivity contribution in [1.29, 1.82) is 0 Å². The lowest BCUT2D eigenvalue weighted by Crippen LogP contribution is -2.13. The zero-order valence-electron chi connectivity index (χ0n) is 8.81. The van der Waals surface area contributed by atoms with E-state index in [0.717, 1.165) is 5.56 Å². The zero-order valence-corrected chi connectivity index (χ0v) is 8.81. The second-order valence-corrected chi connectivity index (χ2v) is 3.12. The van der Waals surface area contributed by atoms with Crippen molar-refractivity contribution < 1.29 is 14.3 Å². The van der Waals surface area contributed by atoms with Crippen LogP contribution in [0.5, 0.6) is 0 Å². The van der Waals surface area contributed by atoms with Gasteiger partial charge in [0, 0.05) is 25.9 Å². The van der Waals surface area contributed by atoms with Gasteiger partial charge in [-0.1, -0.05) is 6.07 Å². The van der Waals surface area contributed by atoms with Crippen LogP contribution in [0.25, 0.3) is 0 Å². The van der Waals surface area contributed by atoms with Crippen LogP contribution in [-0.4, -0.2) is 37.7 Å². The summed E-state index contributed by atoms with van der Waals surface area (Å²) in [5.41, 5.74) is 0.915. The number of nitrogens with zero attached hydrogens (tertiary/aromatic N) is 1. The summed E-state index contributed by atoms with van der Waals surface area (Å²) in [5.74, 6) is 0.0547. The van der Waals surface area contributed by atoms with Gasteiger partial charge in [-0.25, -0.2) is 0 Å². The largest absolute Gasteiger partial charge is 0.382 e. The van der Waals surface area contributed by atoms with Crippen LogP contribution in [0.15, 0.2) is 24.5 Å². The molecule has 0 amide bonds. The van der Waals surface area contributed by atoms with E-state index >= 15 is 0 Å². The molecule has 82 valence electrons. The van der Waals surface area contributed by atoms with Crippen molar-refractivity contribution in [3.8, 4) is 0 Å². The van der Waals surface area contributed by atoms with Crippen molar-refractivity contribution in [1.82, 2.24) is 4.98 Å². The second-order valence-electron chi connectivity index (χ2n) is 3.12. The Morgan fingerprint density at radius 2 is 2.33 bits per heavy atom. The Labute approximate surface area is 89.2 Å². The maximum Gasteiger partial charge on any atom is 0.162 e. The molecule has 0 aliphatic heterocycles. The molecular weight excluding hydrogens is 194 g/mol. The van der Waals surface area contributed by atoms with Crippen LogP contribution in [0, 0.1) is 0 Å². The van der Waals surface area contributed by atoms with Crippen molar-refractivity contribution in [2.75, 3.05) is 26.9 Å². The molecule has 0 atom stereocenters. The van der Waals surface area contributed by atoms with Crippen molar-refractivity contribution in [2.45, 2.75) is 6.42 Å².